The number of nitrogens with one attached hydrogen (secondary N) is 1. The second-order valence-electron chi connectivity index (χ2n) is 7.98. The summed E-state index contributed by atoms with van der Waals surface area (Å²) < 4.78 is 18.7. The minimum absolute atomic E-state index is 0.0673. The van der Waals surface area contributed by atoms with Crippen molar-refractivity contribution >= 4 is 11.5 Å². The number of carbonyl (C=O) groups excluding carboxylic acids is 1. The fourth-order valence-electron chi connectivity index (χ4n) is 4.07. The average Bonchev–Trinajstić information content (AvgIpc) is 3.49. The molecule has 0 unspecified atom stereocenters. The first-order valence-corrected chi connectivity index (χ1v) is 10.5. The molecular weight excluding hydrogens is 405 g/mol. The van der Waals surface area contributed by atoms with Crippen molar-refractivity contribution in [3.8, 4) is 22.5 Å². The fourth-order valence-corrected chi connectivity index (χ4v) is 4.07. The van der Waals surface area contributed by atoms with Crippen molar-refractivity contribution in [3.05, 3.63) is 95.7 Å². The highest BCUT2D eigenvalue weighted by Crippen LogP contribution is 2.33. The zero-order chi connectivity index (χ0) is 22.1. The number of amides is 1. The Kier molecular flexibility index (Phi) is 5.19. The van der Waals surface area contributed by atoms with Crippen molar-refractivity contribution < 1.29 is 13.7 Å². The Labute approximate surface area is 185 Å². The lowest BCUT2D eigenvalue weighted by Gasteiger charge is -2.26. The molecule has 160 valence electrons. The quantitative estimate of drug-likeness (QED) is 0.454. The van der Waals surface area contributed by atoms with Crippen LogP contribution >= 0.6 is 0 Å². The van der Waals surface area contributed by atoms with Gasteiger partial charge in [0.05, 0.1) is 6.20 Å². The highest BCUT2D eigenvalue weighted by molar-refractivity contribution is 5.95. The van der Waals surface area contributed by atoms with Gasteiger partial charge in [-0.1, -0.05) is 53.2 Å². The summed E-state index contributed by atoms with van der Waals surface area (Å²) in [5.41, 5.74) is 6.46. The Morgan fingerprint density at radius 1 is 1.09 bits per heavy atom. The molecule has 3 heterocycles. The molecule has 1 aliphatic heterocycles. The lowest BCUT2D eigenvalue weighted by Crippen LogP contribution is -2.34. The molecule has 5 rings (SSSR count). The SMILES string of the molecule is Cc1cccc(-c2cnoc2-c2c[nH]c(C(=O)N3CC=C(c4ccc(F)cc4)CC3)c2)c1. The third-order valence-electron chi connectivity index (χ3n) is 5.79. The summed E-state index contributed by atoms with van der Waals surface area (Å²) in [5.74, 6) is 0.312. The van der Waals surface area contributed by atoms with Crippen LogP contribution in [0.4, 0.5) is 4.39 Å². The number of carbonyl (C=O) groups is 1. The summed E-state index contributed by atoms with van der Waals surface area (Å²) in [4.78, 5) is 17.9. The largest absolute Gasteiger partial charge is 0.356 e. The van der Waals surface area contributed by atoms with Crippen LogP contribution in [-0.2, 0) is 0 Å². The minimum Gasteiger partial charge on any atom is -0.356 e. The van der Waals surface area contributed by atoms with E-state index in [1.165, 1.54) is 12.1 Å². The summed E-state index contributed by atoms with van der Waals surface area (Å²) in [6.45, 7) is 3.16. The summed E-state index contributed by atoms with van der Waals surface area (Å²) in [5, 5.41) is 3.98. The average molecular weight is 427 g/mol. The van der Waals surface area contributed by atoms with Crippen LogP contribution < -0.4 is 0 Å². The summed E-state index contributed by atoms with van der Waals surface area (Å²) in [6, 6.07) is 16.4. The minimum atomic E-state index is -0.248. The molecule has 1 amide bonds. The molecule has 0 atom stereocenters. The van der Waals surface area contributed by atoms with Gasteiger partial charge in [0.15, 0.2) is 5.76 Å². The Morgan fingerprint density at radius 2 is 1.94 bits per heavy atom. The number of halogens is 1. The molecule has 0 aliphatic carbocycles. The van der Waals surface area contributed by atoms with Crippen molar-refractivity contribution in [2.45, 2.75) is 13.3 Å². The highest BCUT2D eigenvalue weighted by Gasteiger charge is 2.22. The summed E-state index contributed by atoms with van der Waals surface area (Å²) >= 11 is 0. The maximum Gasteiger partial charge on any atom is 0.270 e. The van der Waals surface area contributed by atoms with E-state index in [4.69, 9.17) is 4.52 Å². The molecular formula is C26H22FN3O2. The molecule has 32 heavy (non-hydrogen) atoms. The van der Waals surface area contributed by atoms with Gasteiger partial charge in [-0.25, -0.2) is 4.39 Å². The molecule has 2 aromatic heterocycles. The van der Waals surface area contributed by atoms with Crippen LogP contribution in [-0.4, -0.2) is 34.0 Å². The summed E-state index contributed by atoms with van der Waals surface area (Å²) in [6.07, 6.45) is 6.23. The second kappa shape index (κ2) is 8.30. The highest BCUT2D eigenvalue weighted by atomic mass is 19.1. The zero-order valence-corrected chi connectivity index (χ0v) is 17.6. The molecule has 2 aromatic carbocycles. The van der Waals surface area contributed by atoms with Gasteiger partial charge in [0, 0.05) is 30.4 Å². The Balaban J connectivity index is 1.33. The molecule has 6 heteroatoms. The third kappa shape index (κ3) is 3.87. The van der Waals surface area contributed by atoms with Crippen LogP contribution in [0.1, 0.15) is 28.0 Å². The number of aromatic nitrogens is 2. The van der Waals surface area contributed by atoms with E-state index in [-0.39, 0.29) is 11.7 Å². The monoisotopic (exact) mass is 427 g/mol. The van der Waals surface area contributed by atoms with E-state index < -0.39 is 0 Å². The van der Waals surface area contributed by atoms with Crippen LogP contribution in [0.15, 0.2) is 77.6 Å². The van der Waals surface area contributed by atoms with Crippen LogP contribution in [0.5, 0.6) is 0 Å². The Morgan fingerprint density at radius 3 is 2.69 bits per heavy atom. The predicted molar refractivity (Wildman–Crippen MR) is 121 cm³/mol. The number of hydrogen-bond acceptors (Lipinski definition) is 3. The third-order valence-corrected chi connectivity index (χ3v) is 5.79. The van der Waals surface area contributed by atoms with E-state index in [1.807, 2.05) is 31.2 Å². The molecule has 0 fully saturated rings. The first-order chi connectivity index (χ1) is 15.6. The molecule has 1 aliphatic rings. The van der Waals surface area contributed by atoms with E-state index in [0.717, 1.165) is 39.8 Å². The van der Waals surface area contributed by atoms with Crippen molar-refractivity contribution in [2.75, 3.05) is 13.1 Å². The number of benzene rings is 2. The molecule has 0 saturated heterocycles. The van der Waals surface area contributed by atoms with Gasteiger partial charge in [0.1, 0.15) is 11.5 Å². The molecule has 0 radical (unpaired) electrons. The Bertz CT molecular complexity index is 1300. The summed E-state index contributed by atoms with van der Waals surface area (Å²) in [7, 11) is 0. The smallest absolute Gasteiger partial charge is 0.270 e. The van der Waals surface area contributed by atoms with E-state index in [9.17, 15) is 9.18 Å². The van der Waals surface area contributed by atoms with E-state index in [2.05, 4.69) is 16.2 Å². The second-order valence-corrected chi connectivity index (χ2v) is 7.98. The first kappa shape index (κ1) is 20.0. The van der Waals surface area contributed by atoms with Crippen LogP contribution in [0, 0.1) is 12.7 Å². The van der Waals surface area contributed by atoms with Crippen LogP contribution in [0.2, 0.25) is 0 Å². The van der Waals surface area contributed by atoms with E-state index >= 15 is 0 Å². The van der Waals surface area contributed by atoms with Crippen molar-refractivity contribution in [3.63, 3.8) is 0 Å². The molecule has 0 saturated carbocycles. The number of nitrogens with zero attached hydrogens (tertiary/aromatic N) is 2. The Hall–Kier alpha value is -3.93. The van der Waals surface area contributed by atoms with Crippen molar-refractivity contribution in [2.24, 2.45) is 0 Å². The van der Waals surface area contributed by atoms with Crippen molar-refractivity contribution in [1.82, 2.24) is 15.0 Å². The van der Waals surface area contributed by atoms with Gasteiger partial charge in [-0.2, -0.15) is 0 Å². The molecule has 4 aromatic rings. The maximum absolute atomic E-state index is 13.2. The zero-order valence-electron chi connectivity index (χ0n) is 17.6. The van der Waals surface area contributed by atoms with Gasteiger partial charge in [0.2, 0.25) is 0 Å². The number of H-pyrrole nitrogens is 1. The van der Waals surface area contributed by atoms with Gasteiger partial charge in [-0.05, 0) is 48.2 Å². The fraction of sp³-hybridized carbons (Fsp3) is 0.154. The number of aryl methyl sites for hydroxylation is 1. The van der Waals surface area contributed by atoms with Gasteiger partial charge >= 0.3 is 0 Å². The molecule has 1 N–H and O–H groups in total. The number of hydrogen-bond donors (Lipinski definition) is 1. The van der Waals surface area contributed by atoms with E-state index in [1.54, 1.807) is 35.5 Å². The van der Waals surface area contributed by atoms with Gasteiger partial charge in [-0.15, -0.1) is 0 Å². The van der Waals surface area contributed by atoms with Crippen LogP contribution in [0.25, 0.3) is 28.0 Å². The number of aromatic amines is 1. The van der Waals surface area contributed by atoms with Gasteiger partial charge in [0.25, 0.3) is 5.91 Å². The van der Waals surface area contributed by atoms with E-state index in [0.29, 0.717) is 24.5 Å². The predicted octanol–water partition coefficient (Wildman–Crippen LogP) is 5.71. The van der Waals surface area contributed by atoms with Crippen molar-refractivity contribution in [1.29, 1.82) is 0 Å². The molecule has 5 nitrogen and oxygen atoms in total. The first-order valence-electron chi connectivity index (χ1n) is 10.5. The number of rotatable bonds is 4. The van der Waals surface area contributed by atoms with Gasteiger partial charge < -0.3 is 14.4 Å². The molecule has 0 spiro atoms. The lowest BCUT2D eigenvalue weighted by molar-refractivity contribution is 0.0767. The normalized spacial score (nSPS) is 13.8. The maximum atomic E-state index is 13.2. The van der Waals surface area contributed by atoms with Gasteiger partial charge in [-0.3, -0.25) is 4.79 Å². The lowest BCUT2D eigenvalue weighted by atomic mass is 9.99. The topological polar surface area (TPSA) is 62.1 Å². The standard InChI is InChI=1S/C26H22FN3O2/c1-17-3-2-4-20(13-17)23-16-29-32-25(23)21-14-24(28-15-21)26(31)30-11-9-19(10-12-30)18-5-7-22(27)8-6-18/h2-9,13-16,28H,10-12H2,1H3. The molecule has 0 bridgehead atoms. The van der Waals surface area contributed by atoms with Crippen LogP contribution in [0.3, 0.4) is 0 Å².